The number of aromatic nitrogens is 2. The van der Waals surface area contributed by atoms with Crippen LogP contribution in [0, 0.1) is 3.57 Å². The third kappa shape index (κ3) is 2.95. The number of rotatable bonds is 4. The highest BCUT2D eigenvalue weighted by Gasteiger charge is 2.25. The molecule has 1 unspecified atom stereocenters. The van der Waals surface area contributed by atoms with Gasteiger partial charge in [0.05, 0.1) is 15.3 Å². The number of primary amides is 1. The first-order valence-corrected chi connectivity index (χ1v) is 5.26. The standard InChI is InChI=1S/C8H13IN4O/c1-8(11,7(10)14)2-3-13-5-6(9)4-12-13/h4-5H,2-3,11H2,1H3,(H2,10,14). The van der Waals surface area contributed by atoms with Gasteiger partial charge in [0.2, 0.25) is 5.91 Å². The number of hydrogen-bond acceptors (Lipinski definition) is 3. The van der Waals surface area contributed by atoms with Crippen LogP contribution in [-0.2, 0) is 11.3 Å². The van der Waals surface area contributed by atoms with Crippen LogP contribution in [0.25, 0.3) is 0 Å². The highest BCUT2D eigenvalue weighted by atomic mass is 127. The minimum absolute atomic E-state index is 0.486. The Morgan fingerprint density at radius 3 is 2.86 bits per heavy atom. The van der Waals surface area contributed by atoms with Crippen LogP contribution in [0.4, 0.5) is 0 Å². The Morgan fingerprint density at radius 1 is 1.79 bits per heavy atom. The Labute approximate surface area is 96.0 Å². The summed E-state index contributed by atoms with van der Waals surface area (Å²) in [5.41, 5.74) is 9.88. The molecule has 0 bridgehead atoms. The number of nitrogens with two attached hydrogens (primary N) is 2. The summed E-state index contributed by atoms with van der Waals surface area (Å²) in [5, 5.41) is 4.08. The van der Waals surface area contributed by atoms with E-state index in [4.69, 9.17) is 11.5 Å². The number of aryl methyl sites for hydroxylation is 1. The quantitative estimate of drug-likeness (QED) is 0.772. The maximum atomic E-state index is 10.9. The maximum absolute atomic E-state index is 10.9. The molecule has 0 aromatic carbocycles. The zero-order valence-electron chi connectivity index (χ0n) is 7.90. The fourth-order valence-corrected chi connectivity index (χ4v) is 1.38. The molecule has 0 aliphatic rings. The molecule has 0 saturated carbocycles. The van der Waals surface area contributed by atoms with Gasteiger partial charge in [0.1, 0.15) is 0 Å². The van der Waals surface area contributed by atoms with Crippen molar-refractivity contribution in [2.45, 2.75) is 25.4 Å². The smallest absolute Gasteiger partial charge is 0.237 e. The van der Waals surface area contributed by atoms with Crippen LogP contribution in [0.3, 0.4) is 0 Å². The van der Waals surface area contributed by atoms with Crippen molar-refractivity contribution in [3.8, 4) is 0 Å². The van der Waals surface area contributed by atoms with Crippen LogP contribution in [0.2, 0.25) is 0 Å². The second kappa shape index (κ2) is 4.26. The maximum Gasteiger partial charge on any atom is 0.237 e. The van der Waals surface area contributed by atoms with Crippen molar-refractivity contribution >= 4 is 28.5 Å². The van der Waals surface area contributed by atoms with E-state index in [1.807, 2.05) is 6.20 Å². The molecule has 0 spiro atoms. The number of halogens is 1. The molecule has 0 aliphatic carbocycles. The van der Waals surface area contributed by atoms with E-state index >= 15 is 0 Å². The fourth-order valence-electron chi connectivity index (χ4n) is 0.931. The van der Waals surface area contributed by atoms with Gasteiger partial charge in [-0.05, 0) is 35.9 Å². The molecule has 5 nitrogen and oxygen atoms in total. The van der Waals surface area contributed by atoms with Gasteiger partial charge in [-0.15, -0.1) is 0 Å². The lowest BCUT2D eigenvalue weighted by Crippen LogP contribution is -2.49. The molecule has 0 aliphatic heterocycles. The van der Waals surface area contributed by atoms with E-state index in [0.29, 0.717) is 13.0 Å². The second-order valence-electron chi connectivity index (χ2n) is 3.45. The SMILES string of the molecule is CC(N)(CCn1cc(I)cn1)C(N)=O. The van der Waals surface area contributed by atoms with Crippen molar-refractivity contribution in [3.05, 3.63) is 16.0 Å². The van der Waals surface area contributed by atoms with Gasteiger partial charge in [-0.3, -0.25) is 9.48 Å². The Morgan fingerprint density at radius 2 is 2.43 bits per heavy atom. The van der Waals surface area contributed by atoms with E-state index in [2.05, 4.69) is 27.7 Å². The predicted octanol–water partition coefficient (Wildman–Crippen LogP) is 0.0805. The number of amides is 1. The second-order valence-corrected chi connectivity index (χ2v) is 4.70. The van der Waals surface area contributed by atoms with E-state index in [0.717, 1.165) is 3.57 Å². The van der Waals surface area contributed by atoms with Crippen molar-refractivity contribution in [2.75, 3.05) is 0 Å². The Kier molecular flexibility index (Phi) is 3.48. The summed E-state index contributed by atoms with van der Waals surface area (Å²) in [5.74, 6) is -0.487. The molecule has 0 radical (unpaired) electrons. The van der Waals surface area contributed by atoms with E-state index < -0.39 is 11.4 Å². The molecule has 0 saturated heterocycles. The van der Waals surface area contributed by atoms with Gasteiger partial charge in [0.25, 0.3) is 0 Å². The lowest BCUT2D eigenvalue weighted by atomic mass is 9.99. The van der Waals surface area contributed by atoms with Gasteiger partial charge in [0, 0.05) is 12.7 Å². The van der Waals surface area contributed by atoms with Crippen molar-refractivity contribution < 1.29 is 4.79 Å². The van der Waals surface area contributed by atoms with Crippen molar-refractivity contribution in [2.24, 2.45) is 11.5 Å². The molecule has 1 heterocycles. The minimum atomic E-state index is -0.961. The largest absolute Gasteiger partial charge is 0.368 e. The first kappa shape index (κ1) is 11.4. The molecule has 1 aromatic heterocycles. The van der Waals surface area contributed by atoms with Crippen LogP contribution in [0.5, 0.6) is 0 Å². The third-order valence-corrected chi connectivity index (χ3v) is 2.58. The Balaban J connectivity index is 2.52. The normalized spacial score (nSPS) is 15.1. The van der Waals surface area contributed by atoms with Crippen molar-refractivity contribution in [1.29, 1.82) is 0 Å². The molecule has 78 valence electrons. The van der Waals surface area contributed by atoms with Crippen LogP contribution in [0.15, 0.2) is 12.4 Å². The lowest BCUT2D eigenvalue weighted by molar-refractivity contribution is -0.122. The summed E-state index contributed by atoms with van der Waals surface area (Å²) in [6.45, 7) is 2.22. The molecule has 1 rings (SSSR count). The summed E-state index contributed by atoms with van der Waals surface area (Å²) >= 11 is 2.17. The zero-order valence-corrected chi connectivity index (χ0v) is 10.1. The summed E-state index contributed by atoms with van der Waals surface area (Å²) in [6, 6.07) is 0. The summed E-state index contributed by atoms with van der Waals surface area (Å²) in [4.78, 5) is 10.9. The van der Waals surface area contributed by atoms with Crippen LogP contribution < -0.4 is 11.5 Å². The average Bonchev–Trinajstić information content (AvgIpc) is 2.48. The molecule has 4 N–H and O–H groups in total. The van der Waals surface area contributed by atoms with Gasteiger partial charge in [-0.25, -0.2) is 0 Å². The lowest BCUT2D eigenvalue weighted by Gasteiger charge is -2.19. The topological polar surface area (TPSA) is 86.9 Å². The number of hydrogen-bond donors (Lipinski definition) is 2. The van der Waals surface area contributed by atoms with Gasteiger partial charge in [0.15, 0.2) is 0 Å². The Hall–Kier alpha value is -0.630. The van der Waals surface area contributed by atoms with Gasteiger partial charge < -0.3 is 11.5 Å². The van der Waals surface area contributed by atoms with E-state index in [1.165, 1.54) is 0 Å². The summed E-state index contributed by atoms with van der Waals surface area (Å²) in [7, 11) is 0. The van der Waals surface area contributed by atoms with Crippen LogP contribution >= 0.6 is 22.6 Å². The van der Waals surface area contributed by atoms with Crippen molar-refractivity contribution in [3.63, 3.8) is 0 Å². The third-order valence-electron chi connectivity index (χ3n) is 2.02. The van der Waals surface area contributed by atoms with Gasteiger partial charge in [-0.2, -0.15) is 5.10 Å². The zero-order chi connectivity index (χ0) is 10.8. The number of carbonyl (C=O) groups excluding carboxylic acids is 1. The van der Waals surface area contributed by atoms with Crippen molar-refractivity contribution in [1.82, 2.24) is 9.78 Å². The molecule has 1 aromatic rings. The average molecular weight is 308 g/mol. The molecule has 1 atom stereocenters. The molecule has 6 heteroatoms. The first-order valence-electron chi connectivity index (χ1n) is 4.18. The molecular formula is C8H13IN4O. The first-order chi connectivity index (χ1) is 6.42. The van der Waals surface area contributed by atoms with E-state index in [1.54, 1.807) is 17.8 Å². The van der Waals surface area contributed by atoms with Crippen LogP contribution in [0.1, 0.15) is 13.3 Å². The molecule has 14 heavy (non-hydrogen) atoms. The predicted molar refractivity (Wildman–Crippen MR) is 61.3 cm³/mol. The highest BCUT2D eigenvalue weighted by Crippen LogP contribution is 2.08. The molecule has 1 amide bonds. The van der Waals surface area contributed by atoms with Gasteiger partial charge >= 0.3 is 0 Å². The molecule has 0 fully saturated rings. The summed E-state index contributed by atoms with van der Waals surface area (Å²) < 4.78 is 2.80. The monoisotopic (exact) mass is 308 g/mol. The Bertz CT molecular complexity index is 334. The minimum Gasteiger partial charge on any atom is -0.368 e. The number of carbonyl (C=O) groups is 1. The van der Waals surface area contributed by atoms with Crippen LogP contribution in [-0.4, -0.2) is 21.2 Å². The van der Waals surface area contributed by atoms with E-state index in [9.17, 15) is 4.79 Å². The number of nitrogens with zero attached hydrogens (tertiary/aromatic N) is 2. The highest BCUT2D eigenvalue weighted by molar-refractivity contribution is 14.1. The van der Waals surface area contributed by atoms with Gasteiger partial charge in [-0.1, -0.05) is 0 Å². The molecular weight excluding hydrogens is 295 g/mol. The summed E-state index contributed by atoms with van der Waals surface area (Å²) in [6.07, 6.45) is 4.12. The fraction of sp³-hybridized carbons (Fsp3) is 0.500. The van der Waals surface area contributed by atoms with E-state index in [-0.39, 0.29) is 0 Å².